The number of anilines is 1. The zero-order valence-corrected chi connectivity index (χ0v) is 12.1. The second kappa shape index (κ2) is 6.72. The highest BCUT2D eigenvalue weighted by molar-refractivity contribution is 5.95. The monoisotopic (exact) mass is 278 g/mol. The van der Waals surface area contributed by atoms with Gasteiger partial charge in [0.15, 0.2) is 0 Å². The van der Waals surface area contributed by atoms with Crippen molar-refractivity contribution in [2.75, 3.05) is 51.9 Å². The summed E-state index contributed by atoms with van der Waals surface area (Å²) < 4.78 is 5.41. The summed E-state index contributed by atoms with van der Waals surface area (Å²) in [6, 6.07) is 7.58. The van der Waals surface area contributed by atoms with Gasteiger partial charge in [0.1, 0.15) is 0 Å². The van der Waals surface area contributed by atoms with Crippen LogP contribution in [-0.2, 0) is 4.74 Å². The summed E-state index contributed by atoms with van der Waals surface area (Å²) >= 11 is 0. The third kappa shape index (κ3) is 3.49. The highest BCUT2D eigenvalue weighted by Crippen LogP contribution is 2.16. The number of aliphatic hydroxyl groups excluding tert-OH is 1. The smallest absolute Gasteiger partial charge is 0.254 e. The molecule has 0 aliphatic carbocycles. The Morgan fingerprint density at radius 2 is 2.30 bits per heavy atom. The van der Waals surface area contributed by atoms with Gasteiger partial charge in [-0.2, -0.15) is 0 Å². The number of aliphatic hydroxyl groups is 1. The summed E-state index contributed by atoms with van der Waals surface area (Å²) in [5, 5.41) is 9.28. The molecule has 5 heteroatoms. The van der Waals surface area contributed by atoms with Crippen LogP contribution in [0.1, 0.15) is 10.4 Å². The molecule has 1 atom stereocenters. The van der Waals surface area contributed by atoms with Crippen LogP contribution in [-0.4, -0.2) is 62.9 Å². The van der Waals surface area contributed by atoms with Crippen LogP contribution in [0.2, 0.25) is 0 Å². The molecule has 1 N–H and O–H groups in total. The van der Waals surface area contributed by atoms with E-state index in [0.717, 1.165) is 5.69 Å². The van der Waals surface area contributed by atoms with E-state index in [1.807, 2.05) is 43.3 Å². The van der Waals surface area contributed by atoms with Crippen molar-refractivity contribution < 1.29 is 14.6 Å². The first kappa shape index (κ1) is 14.8. The summed E-state index contributed by atoms with van der Waals surface area (Å²) in [6.45, 7) is 2.19. The fourth-order valence-electron chi connectivity index (χ4n) is 2.27. The van der Waals surface area contributed by atoms with E-state index < -0.39 is 0 Å². The van der Waals surface area contributed by atoms with Crippen LogP contribution in [0.25, 0.3) is 0 Å². The molecule has 1 aromatic rings. The van der Waals surface area contributed by atoms with E-state index in [4.69, 9.17) is 4.74 Å². The zero-order chi connectivity index (χ0) is 14.5. The van der Waals surface area contributed by atoms with Crippen LogP contribution in [0.15, 0.2) is 24.3 Å². The van der Waals surface area contributed by atoms with E-state index in [-0.39, 0.29) is 18.4 Å². The molecule has 0 saturated carbocycles. The summed E-state index contributed by atoms with van der Waals surface area (Å²) in [6.07, 6.45) is 0. The molecule has 5 nitrogen and oxygen atoms in total. The minimum Gasteiger partial charge on any atom is -0.396 e. The Morgan fingerprint density at radius 3 is 3.00 bits per heavy atom. The van der Waals surface area contributed by atoms with Gasteiger partial charge in [0.05, 0.1) is 13.2 Å². The molecule has 1 unspecified atom stereocenters. The summed E-state index contributed by atoms with van der Waals surface area (Å²) in [5.41, 5.74) is 1.68. The zero-order valence-electron chi connectivity index (χ0n) is 12.1. The largest absolute Gasteiger partial charge is 0.396 e. The molecule has 110 valence electrons. The minimum absolute atomic E-state index is 0.00141. The van der Waals surface area contributed by atoms with Gasteiger partial charge in [0.2, 0.25) is 0 Å². The highest BCUT2D eigenvalue weighted by atomic mass is 16.5. The summed E-state index contributed by atoms with van der Waals surface area (Å²) in [5.74, 6) is -0.00358. The Balaban J connectivity index is 2.15. The average molecular weight is 278 g/mol. The van der Waals surface area contributed by atoms with Crippen LogP contribution < -0.4 is 4.90 Å². The van der Waals surface area contributed by atoms with Gasteiger partial charge in [-0.3, -0.25) is 4.79 Å². The van der Waals surface area contributed by atoms with Crippen molar-refractivity contribution in [3.05, 3.63) is 29.8 Å². The van der Waals surface area contributed by atoms with Crippen molar-refractivity contribution in [3.8, 4) is 0 Å². The lowest BCUT2D eigenvalue weighted by molar-refractivity contribution is 0.0728. The number of rotatable bonds is 3. The predicted molar refractivity (Wildman–Crippen MR) is 78.1 cm³/mol. The van der Waals surface area contributed by atoms with Crippen LogP contribution in [0, 0.1) is 5.92 Å². The second-order valence-electron chi connectivity index (χ2n) is 5.32. The maximum Gasteiger partial charge on any atom is 0.254 e. The quantitative estimate of drug-likeness (QED) is 0.890. The number of ether oxygens (including phenoxy) is 1. The number of hydrogen-bond donors (Lipinski definition) is 1. The third-order valence-electron chi connectivity index (χ3n) is 3.49. The molecule has 1 aliphatic heterocycles. The van der Waals surface area contributed by atoms with E-state index in [9.17, 15) is 9.90 Å². The number of carbonyl (C=O) groups is 1. The molecule has 1 heterocycles. The van der Waals surface area contributed by atoms with Crippen LogP contribution in [0.3, 0.4) is 0 Å². The molecule has 2 rings (SSSR count). The molecule has 1 amide bonds. The lowest BCUT2D eigenvalue weighted by atomic mass is 10.1. The van der Waals surface area contributed by atoms with Crippen molar-refractivity contribution in [2.24, 2.45) is 5.92 Å². The molecule has 0 aromatic heterocycles. The SMILES string of the molecule is CN(C)c1cccc(C(=O)N2CCOCC(CO)C2)c1. The molecule has 1 fully saturated rings. The van der Waals surface area contributed by atoms with E-state index in [1.165, 1.54) is 0 Å². The molecule has 1 saturated heterocycles. The summed E-state index contributed by atoms with van der Waals surface area (Å²) in [4.78, 5) is 16.3. The van der Waals surface area contributed by atoms with Gasteiger partial charge < -0.3 is 19.6 Å². The van der Waals surface area contributed by atoms with Gasteiger partial charge >= 0.3 is 0 Å². The fraction of sp³-hybridized carbons (Fsp3) is 0.533. The molecule has 0 radical (unpaired) electrons. The maximum atomic E-state index is 12.6. The van der Waals surface area contributed by atoms with Crippen molar-refractivity contribution >= 4 is 11.6 Å². The standard InChI is InChI=1S/C15H22N2O3/c1-16(2)14-5-3-4-13(8-14)15(19)17-6-7-20-11-12(9-17)10-18/h3-5,8,12,18H,6-7,9-11H2,1-2H3. The second-order valence-corrected chi connectivity index (χ2v) is 5.32. The Bertz CT molecular complexity index is 462. The van der Waals surface area contributed by atoms with Crippen LogP contribution in [0.4, 0.5) is 5.69 Å². The lowest BCUT2D eigenvalue weighted by Gasteiger charge is -2.23. The highest BCUT2D eigenvalue weighted by Gasteiger charge is 2.23. The van der Waals surface area contributed by atoms with E-state index in [1.54, 1.807) is 4.90 Å². The first-order valence-corrected chi connectivity index (χ1v) is 6.87. The normalized spacial score (nSPS) is 19.6. The van der Waals surface area contributed by atoms with Gasteiger partial charge in [-0.15, -0.1) is 0 Å². The predicted octanol–water partition coefficient (Wildman–Crippen LogP) is 0.833. The van der Waals surface area contributed by atoms with Crippen molar-refractivity contribution in [2.45, 2.75) is 0 Å². The number of carbonyl (C=O) groups excluding carboxylic acids is 1. The number of hydrogen-bond acceptors (Lipinski definition) is 4. The maximum absolute atomic E-state index is 12.6. The Kier molecular flexibility index (Phi) is 4.98. The van der Waals surface area contributed by atoms with Gasteiger partial charge in [-0.25, -0.2) is 0 Å². The molecule has 1 aromatic carbocycles. The average Bonchev–Trinajstić information content (AvgIpc) is 2.72. The van der Waals surface area contributed by atoms with Gasteiger partial charge in [0, 0.05) is 51.0 Å². The van der Waals surface area contributed by atoms with E-state index in [0.29, 0.717) is 31.9 Å². The van der Waals surface area contributed by atoms with Crippen LogP contribution >= 0.6 is 0 Å². The van der Waals surface area contributed by atoms with Crippen molar-refractivity contribution in [3.63, 3.8) is 0 Å². The molecular weight excluding hydrogens is 256 g/mol. The summed E-state index contributed by atoms with van der Waals surface area (Å²) in [7, 11) is 3.90. The Morgan fingerprint density at radius 1 is 1.50 bits per heavy atom. The number of benzene rings is 1. The van der Waals surface area contributed by atoms with Crippen LogP contribution in [0.5, 0.6) is 0 Å². The topological polar surface area (TPSA) is 53.0 Å². The molecule has 1 aliphatic rings. The van der Waals surface area contributed by atoms with E-state index >= 15 is 0 Å². The lowest BCUT2D eigenvalue weighted by Crippen LogP contribution is -2.36. The molecule has 0 spiro atoms. The molecule has 0 bridgehead atoms. The Hall–Kier alpha value is -1.59. The van der Waals surface area contributed by atoms with Gasteiger partial charge in [-0.1, -0.05) is 6.07 Å². The molecule has 20 heavy (non-hydrogen) atoms. The minimum atomic E-state index is -0.00218. The Labute approximate surface area is 119 Å². The van der Waals surface area contributed by atoms with Gasteiger partial charge in [0.25, 0.3) is 5.91 Å². The number of amides is 1. The first-order valence-electron chi connectivity index (χ1n) is 6.87. The van der Waals surface area contributed by atoms with Crippen molar-refractivity contribution in [1.29, 1.82) is 0 Å². The van der Waals surface area contributed by atoms with Gasteiger partial charge in [-0.05, 0) is 18.2 Å². The molecular formula is C15H22N2O3. The van der Waals surface area contributed by atoms with Crippen molar-refractivity contribution in [1.82, 2.24) is 4.90 Å². The first-order chi connectivity index (χ1) is 9.61. The number of nitrogens with zero attached hydrogens (tertiary/aromatic N) is 2. The van der Waals surface area contributed by atoms with E-state index in [2.05, 4.69) is 0 Å². The fourth-order valence-corrected chi connectivity index (χ4v) is 2.27. The third-order valence-corrected chi connectivity index (χ3v) is 3.49.